The van der Waals surface area contributed by atoms with E-state index in [9.17, 15) is 4.79 Å². The van der Waals surface area contributed by atoms with Gasteiger partial charge < -0.3 is 19.9 Å². The van der Waals surface area contributed by atoms with E-state index in [0.717, 1.165) is 43.2 Å². The molecule has 1 aromatic carbocycles. The SMILES string of the molecule is COc1ccc(CNC(=O)N2CCC3CN(c4ccc(C#N)cn4)CC32)cc1. The van der Waals surface area contributed by atoms with Crippen molar-refractivity contribution in [3.05, 3.63) is 53.7 Å². The van der Waals surface area contributed by atoms with Crippen molar-refractivity contribution in [2.24, 2.45) is 5.92 Å². The standard InChI is InChI=1S/C21H23N5O2/c1-28-18-5-2-15(3-6-18)11-24-21(27)26-9-8-17-13-25(14-19(17)26)20-7-4-16(10-22)12-23-20/h2-7,12,17,19H,8-9,11,13-14H2,1H3,(H,24,27). The number of anilines is 1. The summed E-state index contributed by atoms with van der Waals surface area (Å²) in [5.41, 5.74) is 1.60. The lowest BCUT2D eigenvalue weighted by Gasteiger charge is -2.25. The van der Waals surface area contributed by atoms with Crippen LogP contribution in [-0.2, 0) is 6.54 Å². The second kappa shape index (κ2) is 7.77. The number of ether oxygens (including phenoxy) is 1. The van der Waals surface area contributed by atoms with Crippen molar-refractivity contribution in [2.75, 3.05) is 31.6 Å². The van der Waals surface area contributed by atoms with Gasteiger partial charge in [-0.05, 0) is 36.2 Å². The van der Waals surface area contributed by atoms with E-state index in [-0.39, 0.29) is 12.1 Å². The molecule has 2 saturated heterocycles. The number of rotatable bonds is 4. The first-order valence-electron chi connectivity index (χ1n) is 9.46. The zero-order valence-electron chi connectivity index (χ0n) is 15.8. The molecule has 3 heterocycles. The lowest BCUT2D eigenvalue weighted by atomic mass is 10.1. The molecule has 1 aromatic heterocycles. The maximum absolute atomic E-state index is 12.7. The van der Waals surface area contributed by atoms with Crippen molar-refractivity contribution in [3.63, 3.8) is 0 Å². The van der Waals surface area contributed by atoms with E-state index in [1.165, 1.54) is 0 Å². The third-order valence-corrected chi connectivity index (χ3v) is 5.61. The molecule has 28 heavy (non-hydrogen) atoms. The van der Waals surface area contributed by atoms with Crippen molar-refractivity contribution >= 4 is 11.8 Å². The minimum Gasteiger partial charge on any atom is -0.497 e. The highest BCUT2D eigenvalue weighted by Crippen LogP contribution is 2.33. The van der Waals surface area contributed by atoms with Gasteiger partial charge in [-0.3, -0.25) is 0 Å². The fourth-order valence-electron chi connectivity index (χ4n) is 4.06. The Hall–Kier alpha value is -3.27. The maximum Gasteiger partial charge on any atom is 0.317 e. The number of carbonyl (C=O) groups is 1. The van der Waals surface area contributed by atoms with E-state index >= 15 is 0 Å². The van der Waals surface area contributed by atoms with Crippen LogP contribution in [0.4, 0.5) is 10.6 Å². The van der Waals surface area contributed by atoms with Gasteiger partial charge in [0.05, 0.1) is 18.7 Å². The molecule has 2 aromatic rings. The summed E-state index contributed by atoms with van der Waals surface area (Å²) in [6.07, 6.45) is 2.61. The molecule has 0 spiro atoms. The Morgan fingerprint density at radius 1 is 1.29 bits per heavy atom. The van der Waals surface area contributed by atoms with E-state index in [1.54, 1.807) is 19.4 Å². The molecule has 2 aliphatic heterocycles. The van der Waals surface area contributed by atoms with Crippen LogP contribution in [0.1, 0.15) is 17.5 Å². The number of amides is 2. The number of urea groups is 1. The highest BCUT2D eigenvalue weighted by Gasteiger charge is 2.43. The van der Waals surface area contributed by atoms with Gasteiger partial charge in [-0.2, -0.15) is 5.26 Å². The number of nitriles is 1. The van der Waals surface area contributed by atoms with Gasteiger partial charge in [-0.1, -0.05) is 12.1 Å². The molecule has 4 rings (SSSR count). The van der Waals surface area contributed by atoms with Crippen LogP contribution < -0.4 is 15.0 Å². The zero-order chi connectivity index (χ0) is 19.5. The average Bonchev–Trinajstić information content (AvgIpc) is 3.33. The van der Waals surface area contributed by atoms with Gasteiger partial charge in [-0.25, -0.2) is 9.78 Å². The first-order chi connectivity index (χ1) is 13.7. The van der Waals surface area contributed by atoms with Crippen LogP contribution in [0.3, 0.4) is 0 Å². The molecule has 0 aliphatic carbocycles. The highest BCUT2D eigenvalue weighted by atomic mass is 16.5. The number of hydrogen-bond donors (Lipinski definition) is 1. The van der Waals surface area contributed by atoms with Gasteiger partial charge in [0.1, 0.15) is 17.6 Å². The fraction of sp³-hybridized carbons (Fsp3) is 0.381. The number of methoxy groups -OCH3 is 1. The van der Waals surface area contributed by atoms with Crippen LogP contribution in [0.15, 0.2) is 42.6 Å². The molecular formula is C21H23N5O2. The van der Waals surface area contributed by atoms with E-state index in [0.29, 0.717) is 18.0 Å². The maximum atomic E-state index is 12.7. The fourth-order valence-corrected chi connectivity index (χ4v) is 4.06. The predicted octanol–water partition coefficient (Wildman–Crippen LogP) is 2.38. The van der Waals surface area contributed by atoms with Crippen molar-refractivity contribution in [1.29, 1.82) is 5.26 Å². The third kappa shape index (κ3) is 3.58. The number of fused-ring (bicyclic) bond motifs is 1. The smallest absolute Gasteiger partial charge is 0.317 e. The van der Waals surface area contributed by atoms with E-state index in [4.69, 9.17) is 10.00 Å². The summed E-state index contributed by atoms with van der Waals surface area (Å²) in [5, 5.41) is 12.0. The second-order valence-corrected chi connectivity index (χ2v) is 7.24. The summed E-state index contributed by atoms with van der Waals surface area (Å²) in [6, 6.07) is 13.7. The minimum atomic E-state index is -0.0158. The van der Waals surface area contributed by atoms with Crippen LogP contribution in [0, 0.1) is 17.2 Å². The van der Waals surface area contributed by atoms with E-state index in [2.05, 4.69) is 21.3 Å². The average molecular weight is 377 g/mol. The van der Waals surface area contributed by atoms with E-state index < -0.39 is 0 Å². The Bertz CT molecular complexity index is 875. The summed E-state index contributed by atoms with van der Waals surface area (Å²) < 4.78 is 5.16. The van der Waals surface area contributed by atoms with Crippen LogP contribution in [0.5, 0.6) is 5.75 Å². The summed E-state index contributed by atoms with van der Waals surface area (Å²) in [7, 11) is 1.64. The first-order valence-corrected chi connectivity index (χ1v) is 9.46. The monoisotopic (exact) mass is 377 g/mol. The lowest BCUT2D eigenvalue weighted by molar-refractivity contribution is 0.192. The summed E-state index contributed by atoms with van der Waals surface area (Å²) in [5.74, 6) is 2.14. The molecule has 1 N–H and O–H groups in total. The van der Waals surface area contributed by atoms with Gasteiger partial charge in [0.25, 0.3) is 0 Å². The van der Waals surface area contributed by atoms with Crippen molar-refractivity contribution in [3.8, 4) is 11.8 Å². The Morgan fingerprint density at radius 3 is 2.79 bits per heavy atom. The first kappa shape index (κ1) is 18.1. The molecule has 2 atom stereocenters. The molecule has 2 aliphatic rings. The molecule has 0 radical (unpaired) electrons. The Kier molecular flexibility index (Phi) is 5.02. The molecule has 2 fully saturated rings. The van der Waals surface area contributed by atoms with Gasteiger partial charge >= 0.3 is 6.03 Å². The highest BCUT2D eigenvalue weighted by molar-refractivity contribution is 5.75. The third-order valence-electron chi connectivity index (χ3n) is 5.61. The Morgan fingerprint density at radius 2 is 2.11 bits per heavy atom. The number of likely N-dealkylation sites (tertiary alicyclic amines) is 1. The van der Waals surface area contributed by atoms with Crippen LogP contribution in [0.2, 0.25) is 0 Å². The van der Waals surface area contributed by atoms with E-state index in [1.807, 2.05) is 35.2 Å². The van der Waals surface area contributed by atoms with Crippen LogP contribution in [0.25, 0.3) is 0 Å². The number of nitrogens with one attached hydrogen (secondary N) is 1. The van der Waals surface area contributed by atoms with Crippen LogP contribution >= 0.6 is 0 Å². The number of carbonyl (C=O) groups excluding carboxylic acids is 1. The molecule has 0 saturated carbocycles. The van der Waals surface area contributed by atoms with Crippen molar-refractivity contribution in [2.45, 2.75) is 19.0 Å². The largest absolute Gasteiger partial charge is 0.497 e. The quantitative estimate of drug-likeness (QED) is 0.885. The van der Waals surface area contributed by atoms with Gasteiger partial charge in [-0.15, -0.1) is 0 Å². The normalized spacial score (nSPS) is 20.6. The topological polar surface area (TPSA) is 81.5 Å². The molecule has 0 bridgehead atoms. The van der Waals surface area contributed by atoms with Crippen molar-refractivity contribution in [1.82, 2.24) is 15.2 Å². The lowest BCUT2D eigenvalue weighted by Crippen LogP contribution is -2.45. The minimum absolute atomic E-state index is 0.0158. The molecule has 2 amide bonds. The molecular weight excluding hydrogens is 354 g/mol. The van der Waals surface area contributed by atoms with Crippen LogP contribution in [-0.4, -0.2) is 48.7 Å². The Labute approximate surface area is 164 Å². The number of aromatic nitrogens is 1. The number of nitrogens with zero attached hydrogens (tertiary/aromatic N) is 4. The summed E-state index contributed by atoms with van der Waals surface area (Å²) >= 11 is 0. The summed E-state index contributed by atoms with van der Waals surface area (Å²) in [6.45, 7) is 2.96. The van der Waals surface area contributed by atoms with Crippen molar-refractivity contribution < 1.29 is 9.53 Å². The summed E-state index contributed by atoms with van der Waals surface area (Å²) in [4.78, 5) is 21.3. The Balaban J connectivity index is 1.35. The number of pyridine rings is 1. The molecule has 144 valence electrons. The second-order valence-electron chi connectivity index (χ2n) is 7.24. The van der Waals surface area contributed by atoms with Gasteiger partial charge in [0.15, 0.2) is 0 Å². The predicted molar refractivity (Wildman–Crippen MR) is 105 cm³/mol. The zero-order valence-corrected chi connectivity index (χ0v) is 15.8. The van der Waals surface area contributed by atoms with Gasteiger partial charge in [0, 0.05) is 38.3 Å². The molecule has 7 heteroatoms. The van der Waals surface area contributed by atoms with Gasteiger partial charge in [0.2, 0.25) is 0 Å². The molecule has 7 nitrogen and oxygen atoms in total. The molecule has 2 unspecified atom stereocenters. The number of hydrogen-bond acceptors (Lipinski definition) is 5. The number of benzene rings is 1.